The van der Waals surface area contributed by atoms with Gasteiger partial charge >= 0.3 is 0 Å². The van der Waals surface area contributed by atoms with Crippen LogP contribution >= 0.6 is 0 Å². The molecule has 2 aliphatic rings. The fourth-order valence-electron chi connectivity index (χ4n) is 15.3. The largest absolute Gasteiger partial charge is 0.356 e. The molecule has 0 atom stereocenters. The molecule has 0 spiro atoms. The van der Waals surface area contributed by atoms with Crippen LogP contribution in [0.4, 0.5) is 28.4 Å². The number of anilines is 5. The Morgan fingerprint density at radius 1 is 0.363 bits per heavy atom. The van der Waals surface area contributed by atoms with Gasteiger partial charge in [0.05, 0.1) is 29.1 Å². The van der Waals surface area contributed by atoms with Gasteiger partial charge in [0.2, 0.25) is 0 Å². The molecule has 0 fully saturated rings. The van der Waals surface area contributed by atoms with Crippen molar-refractivity contribution in [3.8, 4) is 78.5 Å². The van der Waals surface area contributed by atoms with Crippen molar-refractivity contribution >= 4 is 73.3 Å². The summed E-state index contributed by atoms with van der Waals surface area (Å²) in [6.07, 6.45) is 0. The molecular weight excluding hydrogens is 1230 g/mol. The van der Waals surface area contributed by atoms with Crippen molar-refractivity contribution in [2.45, 2.75) is 157 Å². The topological polar surface area (TPSA) is 44.0 Å². The van der Waals surface area contributed by atoms with Gasteiger partial charge in [-0.1, -0.05) is 300 Å². The summed E-state index contributed by atoms with van der Waals surface area (Å²) in [7, 11) is 0. The van der Waals surface area contributed by atoms with Gasteiger partial charge < -0.3 is 14.8 Å². The summed E-state index contributed by atoms with van der Waals surface area (Å²) in [5, 5.41) is 18.4. The number of hydrogen-bond donors (Lipinski definition) is 1. The molecule has 1 aromatic heterocycles. The van der Waals surface area contributed by atoms with Crippen LogP contribution in [0.2, 0.25) is 0 Å². The molecule has 0 saturated carbocycles. The Labute approximate surface area is 613 Å². The van der Waals surface area contributed by atoms with Crippen LogP contribution in [0.5, 0.6) is 0 Å². The minimum atomic E-state index is -0.476. The van der Waals surface area contributed by atoms with E-state index in [1.54, 1.807) is 0 Å². The molecule has 102 heavy (non-hydrogen) atoms. The maximum Gasteiger partial charge on any atom is 0.252 e. The lowest BCUT2D eigenvalue weighted by Crippen LogP contribution is -2.60. The number of fused-ring (bicyclic) bond motifs is 7. The second kappa shape index (κ2) is 24.4. The zero-order valence-corrected chi connectivity index (χ0v) is 62.6. The molecule has 13 aromatic rings. The van der Waals surface area contributed by atoms with Crippen molar-refractivity contribution in [2.24, 2.45) is 0 Å². The lowest BCUT2D eigenvalue weighted by atomic mass is 9.33. The molecule has 12 aromatic carbocycles. The van der Waals surface area contributed by atoms with Crippen molar-refractivity contribution in [3.63, 3.8) is 0 Å². The molecule has 0 aliphatic carbocycles. The van der Waals surface area contributed by atoms with Gasteiger partial charge in [0.25, 0.3) is 6.71 Å². The predicted molar refractivity (Wildman–Crippen MR) is 439 cm³/mol. The van der Waals surface area contributed by atoms with E-state index >= 15 is 0 Å². The fourth-order valence-corrected chi connectivity index (χ4v) is 15.3. The van der Waals surface area contributed by atoms with E-state index in [1.807, 2.05) is 24.3 Å². The zero-order valence-electron chi connectivity index (χ0n) is 67.6. The Morgan fingerprint density at radius 3 is 1.33 bits per heavy atom. The van der Waals surface area contributed by atoms with Crippen molar-refractivity contribution < 1.29 is 6.85 Å². The summed E-state index contributed by atoms with van der Waals surface area (Å²) in [5.41, 5.74) is 27.8. The third kappa shape index (κ3) is 12.1. The molecule has 0 amide bonds. The van der Waals surface area contributed by atoms with Gasteiger partial charge in [-0.25, -0.2) is 0 Å². The first-order valence-corrected chi connectivity index (χ1v) is 36.2. The summed E-state index contributed by atoms with van der Waals surface area (Å²) >= 11 is 0. The highest BCUT2D eigenvalue weighted by Gasteiger charge is 2.44. The normalized spacial score (nSPS) is 13.9. The van der Waals surface area contributed by atoms with E-state index in [-0.39, 0.29) is 50.1 Å². The van der Waals surface area contributed by atoms with Gasteiger partial charge in [0.1, 0.15) is 6.07 Å². The van der Waals surface area contributed by atoms with Crippen molar-refractivity contribution in [1.82, 2.24) is 4.57 Å². The number of nitrogens with zero attached hydrogens (tertiary/aromatic N) is 3. The maximum atomic E-state index is 11.8. The van der Waals surface area contributed by atoms with E-state index < -0.39 is 24.8 Å². The first-order valence-electron chi connectivity index (χ1n) is 38.7. The van der Waals surface area contributed by atoms with Gasteiger partial charge in [0.15, 0.2) is 0 Å². The highest BCUT2D eigenvalue weighted by molar-refractivity contribution is 7.00. The number of hydrogen-bond acceptors (Lipinski definition) is 3. The predicted octanol–water partition coefficient (Wildman–Crippen LogP) is 24.8. The average molecular weight is 1330 g/mol. The van der Waals surface area contributed by atoms with E-state index in [2.05, 4.69) is 334 Å². The number of nitrogens with one attached hydrogen (secondary N) is 1. The van der Waals surface area contributed by atoms with Crippen LogP contribution < -0.4 is 26.6 Å². The second-order valence-electron chi connectivity index (χ2n) is 34.8. The molecule has 0 radical (unpaired) electrons. The van der Waals surface area contributed by atoms with E-state index in [0.717, 1.165) is 117 Å². The molecule has 3 heterocycles. The molecule has 5 heteroatoms. The summed E-state index contributed by atoms with van der Waals surface area (Å²) in [4.78, 5) is 2.24. The number of aromatic nitrogens is 1. The summed E-state index contributed by atoms with van der Waals surface area (Å²) < 4.78 is 48.4. The molecule has 2 aliphatic heterocycles. The molecule has 0 bridgehead atoms. The smallest absolute Gasteiger partial charge is 0.252 e. The van der Waals surface area contributed by atoms with Gasteiger partial charge in [-0.2, -0.15) is 5.26 Å². The van der Waals surface area contributed by atoms with Gasteiger partial charge in [0, 0.05) is 44.8 Å². The monoisotopic (exact) mass is 1330 g/mol. The third-order valence-corrected chi connectivity index (χ3v) is 21.3. The van der Waals surface area contributed by atoms with Crippen LogP contribution in [0.1, 0.15) is 170 Å². The van der Waals surface area contributed by atoms with Crippen LogP contribution in [0.15, 0.2) is 243 Å². The van der Waals surface area contributed by atoms with Crippen LogP contribution in [-0.2, 0) is 32.5 Å². The first kappa shape index (κ1) is 61.5. The molecule has 0 saturated heterocycles. The third-order valence-electron chi connectivity index (χ3n) is 21.3. The molecule has 0 unspecified atom stereocenters. The Bertz CT molecular complexity index is 5710. The SMILES string of the molecule is [2H]c1c([2H])c([2H])c(-c2ccc3c(c2)N(c2cc(-n4c5ccccc5c5ccccc54)ccc2C#N)c2cc(-c4cc(C(C)(C)C)cc(C(C)(C)C)c4)cc4c2B3c2ccc(-c3cc(C(C)(C)C)cc(C(C)(C)C)c3)c(-c3cc(-c5ccccc5)cc(-c5cc(C(C)(C)C)cc(C(C)(C)C)c5)c3)c2N4)c([2H])c1[2H]. The van der Waals surface area contributed by atoms with Crippen molar-refractivity contribution in [2.75, 3.05) is 10.2 Å². The average Bonchev–Trinajstić information content (AvgIpc) is 0.860. The Kier molecular flexibility index (Phi) is 14.7. The molecule has 506 valence electrons. The van der Waals surface area contributed by atoms with Crippen LogP contribution in [0.3, 0.4) is 0 Å². The van der Waals surface area contributed by atoms with Gasteiger partial charge in [-0.15, -0.1) is 0 Å². The quantitative estimate of drug-likeness (QED) is 0.154. The summed E-state index contributed by atoms with van der Waals surface area (Å²) in [6.45, 7) is 40.9. The standard InChI is InChI=1S/C97H95BN4/c1-92(2,3)71-46-66(47-72(55-71)93(4,5)6)65-43-64(61-31-23-20-24-32-61)44-70(45-65)89-78(69-50-75(96(13,14)15)57-76(51-69)97(16,17)18)40-42-82-91(89)100-83-52-68(67-48-73(94(7,8)9)56-74(49-67)95(10,11)12)54-88-90(83)98(82)81-41-38-62(60-29-21-19-22-30-60)53-87(81)102(88)86-58-77(39-37-63(86)59-99)101-84-35-27-25-33-79(84)80-34-26-28-36-85(80)101/h19-58,100H,1-18H3/i19D,21D,22D,29D,30D. The van der Waals surface area contributed by atoms with E-state index in [0.29, 0.717) is 22.5 Å². The van der Waals surface area contributed by atoms with E-state index in [1.165, 1.54) is 33.4 Å². The van der Waals surface area contributed by atoms with E-state index in [4.69, 9.17) is 4.11 Å². The molecule has 4 nitrogen and oxygen atoms in total. The lowest BCUT2D eigenvalue weighted by Gasteiger charge is -2.42. The highest BCUT2D eigenvalue weighted by Crippen LogP contribution is 2.51. The summed E-state index contributed by atoms with van der Waals surface area (Å²) in [6, 6.07) is 78.8. The Morgan fingerprint density at radius 2 is 0.814 bits per heavy atom. The Hall–Kier alpha value is -10.4. The van der Waals surface area contributed by atoms with E-state index in [9.17, 15) is 8.00 Å². The zero-order chi connectivity index (χ0) is 76.3. The molecular formula is C97H95BN4. The Balaban J connectivity index is 1.11. The minimum absolute atomic E-state index is 0.0914. The van der Waals surface area contributed by atoms with Crippen LogP contribution in [-0.4, -0.2) is 11.3 Å². The van der Waals surface area contributed by atoms with Crippen LogP contribution in [0.25, 0.3) is 94.3 Å². The number of rotatable bonds is 8. The second-order valence-corrected chi connectivity index (χ2v) is 34.8. The highest BCUT2D eigenvalue weighted by atomic mass is 15.2. The lowest BCUT2D eigenvalue weighted by molar-refractivity contribution is 0.568. The number of benzene rings is 12. The summed E-state index contributed by atoms with van der Waals surface area (Å²) in [5.74, 6) is 0. The van der Waals surface area contributed by atoms with Gasteiger partial charge in [-0.05, 0) is 210 Å². The molecule has 1 N–H and O–H groups in total. The van der Waals surface area contributed by atoms with Crippen LogP contribution in [0, 0.1) is 11.3 Å². The molecule has 15 rings (SSSR count). The first-order chi connectivity index (χ1) is 50.3. The van der Waals surface area contributed by atoms with Crippen molar-refractivity contribution in [1.29, 1.82) is 5.26 Å². The minimum Gasteiger partial charge on any atom is -0.356 e. The number of nitriles is 1. The maximum absolute atomic E-state index is 11.8. The number of para-hydroxylation sites is 2. The van der Waals surface area contributed by atoms with Gasteiger partial charge in [-0.3, -0.25) is 0 Å². The van der Waals surface area contributed by atoms with Crippen molar-refractivity contribution in [3.05, 3.63) is 281 Å². The fraction of sp³-hybridized carbons (Fsp3) is 0.247.